The van der Waals surface area contributed by atoms with E-state index in [-0.39, 0.29) is 21.7 Å². The Balaban J connectivity index is 1.30. The molecule has 2 aliphatic rings. The van der Waals surface area contributed by atoms with Crippen LogP contribution in [0.1, 0.15) is 5.56 Å². The highest BCUT2D eigenvalue weighted by atomic mass is 35.5. The van der Waals surface area contributed by atoms with Crippen molar-refractivity contribution in [1.82, 2.24) is 24.7 Å². The Hall–Kier alpha value is -3.81. The van der Waals surface area contributed by atoms with E-state index in [9.17, 15) is 4.39 Å². The van der Waals surface area contributed by atoms with Gasteiger partial charge < -0.3 is 15.0 Å². The first-order valence-electron chi connectivity index (χ1n) is 10.2. The number of hydrogen-bond donors (Lipinski definition) is 1. The fourth-order valence-electron chi connectivity index (χ4n) is 4.22. The molecule has 0 bridgehead atoms. The zero-order valence-electron chi connectivity index (χ0n) is 17.2. The number of ether oxygens (including phenoxy) is 1. The lowest BCUT2D eigenvalue weighted by Gasteiger charge is -2.55. The lowest BCUT2D eigenvalue weighted by atomic mass is 9.78. The molecule has 9 nitrogen and oxygen atoms in total. The van der Waals surface area contributed by atoms with Crippen molar-refractivity contribution in [2.45, 2.75) is 0 Å². The molecule has 11 heteroatoms. The van der Waals surface area contributed by atoms with Crippen LogP contribution >= 0.6 is 11.6 Å². The molecule has 0 unspecified atom stereocenters. The maximum Gasteiger partial charge on any atom is 0.151 e. The summed E-state index contributed by atoms with van der Waals surface area (Å²) in [5.74, 6) is 1.29. The van der Waals surface area contributed by atoms with Gasteiger partial charge in [0.1, 0.15) is 29.5 Å². The predicted molar refractivity (Wildman–Crippen MR) is 119 cm³/mol. The van der Waals surface area contributed by atoms with Gasteiger partial charge in [0.15, 0.2) is 5.82 Å². The SMILES string of the molecule is N#Cc1cc(F)c(-n2ncc3cnc(Nc4cc(N5CC6(COC6)C5)ncn4)cc32)c(Cl)c1. The molecule has 0 saturated carbocycles. The summed E-state index contributed by atoms with van der Waals surface area (Å²) in [5.41, 5.74) is 1.09. The fourth-order valence-corrected chi connectivity index (χ4v) is 4.51. The highest BCUT2D eigenvalue weighted by Crippen LogP contribution is 2.39. The monoisotopic (exact) mass is 462 g/mol. The van der Waals surface area contributed by atoms with Crippen molar-refractivity contribution in [3.05, 3.63) is 59.4 Å². The van der Waals surface area contributed by atoms with Crippen LogP contribution in [0.2, 0.25) is 5.02 Å². The van der Waals surface area contributed by atoms with Gasteiger partial charge in [-0.3, -0.25) is 0 Å². The molecular weight excluding hydrogens is 447 g/mol. The van der Waals surface area contributed by atoms with Crippen LogP contribution in [0.5, 0.6) is 0 Å². The van der Waals surface area contributed by atoms with Gasteiger partial charge in [0.25, 0.3) is 0 Å². The minimum atomic E-state index is -0.639. The summed E-state index contributed by atoms with van der Waals surface area (Å²) in [4.78, 5) is 15.3. The van der Waals surface area contributed by atoms with Crippen LogP contribution in [0.4, 0.5) is 21.8 Å². The third kappa shape index (κ3) is 3.33. The molecule has 1 spiro atoms. The fraction of sp³-hybridized carbons (Fsp3) is 0.227. The summed E-state index contributed by atoms with van der Waals surface area (Å²) in [6.45, 7) is 3.45. The molecule has 0 amide bonds. The summed E-state index contributed by atoms with van der Waals surface area (Å²) in [6.07, 6.45) is 4.72. The molecule has 33 heavy (non-hydrogen) atoms. The van der Waals surface area contributed by atoms with E-state index in [0.717, 1.165) is 38.2 Å². The molecule has 4 aromatic rings. The van der Waals surface area contributed by atoms with Crippen LogP contribution in [-0.4, -0.2) is 51.0 Å². The molecule has 5 heterocycles. The van der Waals surface area contributed by atoms with Crippen LogP contribution < -0.4 is 10.2 Å². The second-order valence-electron chi connectivity index (χ2n) is 8.32. The molecule has 0 radical (unpaired) electrons. The van der Waals surface area contributed by atoms with Crippen LogP contribution in [0.15, 0.2) is 43.0 Å². The van der Waals surface area contributed by atoms with Crippen molar-refractivity contribution in [2.24, 2.45) is 5.41 Å². The number of nitrogens with one attached hydrogen (secondary N) is 1. The maximum atomic E-state index is 14.7. The van der Waals surface area contributed by atoms with E-state index in [1.54, 1.807) is 18.5 Å². The van der Waals surface area contributed by atoms with Crippen molar-refractivity contribution in [3.63, 3.8) is 0 Å². The van der Waals surface area contributed by atoms with Gasteiger partial charge in [-0.25, -0.2) is 24.0 Å². The van der Waals surface area contributed by atoms with Gasteiger partial charge in [0.05, 0.1) is 47.0 Å². The van der Waals surface area contributed by atoms with Crippen LogP contribution in [-0.2, 0) is 4.74 Å². The summed E-state index contributed by atoms with van der Waals surface area (Å²) >= 11 is 6.26. The van der Waals surface area contributed by atoms with E-state index in [2.05, 4.69) is 30.3 Å². The Labute approximate surface area is 192 Å². The Kier molecular flexibility index (Phi) is 4.43. The molecule has 0 aliphatic carbocycles. The number of aromatic nitrogens is 5. The van der Waals surface area contributed by atoms with Crippen LogP contribution in [0.3, 0.4) is 0 Å². The highest BCUT2D eigenvalue weighted by Gasteiger charge is 2.49. The van der Waals surface area contributed by atoms with Gasteiger partial charge >= 0.3 is 0 Å². The van der Waals surface area contributed by atoms with Crippen molar-refractivity contribution in [3.8, 4) is 11.8 Å². The van der Waals surface area contributed by atoms with E-state index < -0.39 is 5.82 Å². The van der Waals surface area contributed by atoms with E-state index in [0.29, 0.717) is 22.5 Å². The maximum absolute atomic E-state index is 14.7. The molecular formula is C22H16ClFN8O. The number of pyridine rings is 1. The second-order valence-corrected chi connectivity index (χ2v) is 8.73. The average molecular weight is 463 g/mol. The van der Waals surface area contributed by atoms with Crippen molar-refractivity contribution >= 4 is 40.0 Å². The topological polar surface area (TPSA) is 105 Å². The quantitative estimate of drug-likeness (QED) is 0.491. The highest BCUT2D eigenvalue weighted by molar-refractivity contribution is 6.32. The van der Waals surface area contributed by atoms with E-state index in [1.165, 1.54) is 17.1 Å². The lowest BCUT2D eigenvalue weighted by Crippen LogP contribution is -2.66. The number of nitriles is 1. The first-order chi connectivity index (χ1) is 16.0. The van der Waals surface area contributed by atoms with Gasteiger partial charge in [-0.1, -0.05) is 11.6 Å². The third-order valence-electron chi connectivity index (χ3n) is 5.91. The van der Waals surface area contributed by atoms with Gasteiger partial charge in [0.2, 0.25) is 0 Å². The smallest absolute Gasteiger partial charge is 0.151 e. The molecule has 1 aromatic carbocycles. The first kappa shape index (κ1) is 19.8. The first-order valence-corrected chi connectivity index (χ1v) is 10.6. The number of anilines is 3. The normalized spacial score (nSPS) is 16.3. The van der Waals surface area contributed by atoms with Crippen LogP contribution in [0.25, 0.3) is 16.6 Å². The summed E-state index contributed by atoms with van der Waals surface area (Å²) in [6, 6.07) is 8.04. The van der Waals surface area contributed by atoms with E-state index in [1.807, 2.05) is 12.1 Å². The van der Waals surface area contributed by atoms with Gasteiger partial charge in [-0.05, 0) is 12.1 Å². The van der Waals surface area contributed by atoms with Gasteiger partial charge in [0, 0.05) is 36.8 Å². The minimum Gasteiger partial charge on any atom is -0.380 e. The Bertz CT molecular complexity index is 1410. The molecule has 3 aromatic heterocycles. The minimum absolute atomic E-state index is 0.0684. The molecule has 164 valence electrons. The number of rotatable bonds is 4. The number of hydrogen-bond acceptors (Lipinski definition) is 8. The number of nitrogens with zero attached hydrogens (tertiary/aromatic N) is 7. The molecule has 2 saturated heterocycles. The third-order valence-corrected chi connectivity index (χ3v) is 6.20. The zero-order valence-corrected chi connectivity index (χ0v) is 17.9. The van der Waals surface area contributed by atoms with Crippen molar-refractivity contribution in [1.29, 1.82) is 5.26 Å². The average Bonchev–Trinajstić information content (AvgIpc) is 3.14. The predicted octanol–water partition coefficient (Wildman–Crippen LogP) is 3.45. The van der Waals surface area contributed by atoms with Gasteiger partial charge in [-0.15, -0.1) is 0 Å². The Morgan fingerprint density at radius 1 is 1.09 bits per heavy atom. The molecule has 1 N–H and O–H groups in total. The van der Waals surface area contributed by atoms with Crippen molar-refractivity contribution in [2.75, 3.05) is 36.5 Å². The number of fused-ring (bicyclic) bond motifs is 1. The largest absolute Gasteiger partial charge is 0.380 e. The van der Waals surface area contributed by atoms with Crippen LogP contribution in [0, 0.1) is 22.6 Å². The molecule has 6 rings (SSSR count). The Morgan fingerprint density at radius 2 is 1.91 bits per heavy atom. The lowest BCUT2D eigenvalue weighted by molar-refractivity contribution is -0.127. The number of benzene rings is 1. The molecule has 0 atom stereocenters. The summed E-state index contributed by atoms with van der Waals surface area (Å²) in [5, 5.41) is 17.3. The second kappa shape index (κ2) is 7.37. The summed E-state index contributed by atoms with van der Waals surface area (Å²) in [7, 11) is 0. The Morgan fingerprint density at radius 3 is 2.64 bits per heavy atom. The van der Waals surface area contributed by atoms with Gasteiger partial charge in [-0.2, -0.15) is 10.4 Å². The molecule has 2 fully saturated rings. The standard InChI is InChI=1S/C22H16ClFN8O/c23-15-1-13(5-25)2-16(24)21(15)32-17-3-18(26-6-14(17)7-29-32)30-19-4-20(28-12-27-19)31-8-22(9-31)10-33-11-22/h1-4,6-7,12H,8-11H2,(H,26,27,28,30). The van der Waals surface area contributed by atoms with E-state index in [4.69, 9.17) is 21.6 Å². The molecule has 2 aliphatic heterocycles. The zero-order chi connectivity index (χ0) is 22.6. The number of halogens is 2. The van der Waals surface area contributed by atoms with E-state index >= 15 is 0 Å². The van der Waals surface area contributed by atoms with Crippen molar-refractivity contribution < 1.29 is 9.13 Å². The summed E-state index contributed by atoms with van der Waals surface area (Å²) < 4.78 is 21.4.